The summed E-state index contributed by atoms with van der Waals surface area (Å²) in [6.45, 7) is 0.887. The Morgan fingerprint density at radius 2 is 1.81 bits per heavy atom. The molecule has 0 radical (unpaired) electrons. The van der Waals surface area contributed by atoms with Gasteiger partial charge < -0.3 is 10.2 Å². The van der Waals surface area contributed by atoms with Crippen LogP contribution in [-0.4, -0.2) is 36.4 Å². The molecule has 4 nitrogen and oxygen atoms in total. The van der Waals surface area contributed by atoms with Crippen LogP contribution in [0, 0.1) is 11.8 Å². The lowest BCUT2D eigenvalue weighted by atomic mass is 9.95. The van der Waals surface area contributed by atoms with Crippen molar-refractivity contribution >= 4 is 11.7 Å². The number of hydrogen-bond acceptors (Lipinski definition) is 3. The Morgan fingerprint density at radius 1 is 1.15 bits per heavy atom. The first-order valence-electron chi connectivity index (χ1n) is 8.62. The number of nitrogens with one attached hydrogen (secondary N) is 1. The summed E-state index contributed by atoms with van der Waals surface area (Å²) in [7, 11) is 0. The van der Waals surface area contributed by atoms with Gasteiger partial charge in [-0.3, -0.25) is 4.79 Å². The molecule has 26 heavy (non-hydrogen) atoms. The summed E-state index contributed by atoms with van der Waals surface area (Å²) in [4.78, 5) is 17.9. The van der Waals surface area contributed by atoms with Crippen molar-refractivity contribution in [2.45, 2.75) is 44.3 Å². The molecule has 1 aliphatic carbocycles. The summed E-state index contributed by atoms with van der Waals surface area (Å²) >= 11 is 0. The second-order valence-electron chi connectivity index (χ2n) is 6.87. The number of piperidine rings is 1. The highest BCUT2D eigenvalue weighted by molar-refractivity contribution is 5.79. The van der Waals surface area contributed by atoms with E-state index in [9.17, 15) is 26.7 Å². The van der Waals surface area contributed by atoms with Crippen LogP contribution in [0.5, 0.6) is 0 Å². The SMILES string of the molecule is O=C(NC(C(F)F)C1CC1)C1CCN(c2ccc(C(F)(F)F)cn2)CC1. The Bertz CT molecular complexity index is 620. The lowest BCUT2D eigenvalue weighted by Crippen LogP contribution is -2.47. The van der Waals surface area contributed by atoms with Crippen molar-refractivity contribution in [3.05, 3.63) is 23.9 Å². The second-order valence-corrected chi connectivity index (χ2v) is 6.87. The van der Waals surface area contributed by atoms with Crippen LogP contribution in [0.4, 0.5) is 27.8 Å². The maximum Gasteiger partial charge on any atom is 0.417 e. The molecular formula is C17H20F5N3O. The zero-order valence-electron chi connectivity index (χ0n) is 14.0. The third kappa shape index (κ3) is 4.42. The Kier molecular flexibility index (Phi) is 5.34. The van der Waals surface area contributed by atoms with E-state index in [1.807, 2.05) is 0 Å². The van der Waals surface area contributed by atoms with Crippen molar-refractivity contribution in [2.24, 2.45) is 11.8 Å². The molecular weight excluding hydrogens is 357 g/mol. The van der Waals surface area contributed by atoms with Crippen LogP contribution in [0.25, 0.3) is 0 Å². The quantitative estimate of drug-likeness (QED) is 0.800. The van der Waals surface area contributed by atoms with Crippen molar-refractivity contribution < 1.29 is 26.7 Å². The molecule has 1 aliphatic heterocycles. The van der Waals surface area contributed by atoms with Crippen LogP contribution >= 0.6 is 0 Å². The number of alkyl halides is 5. The number of rotatable bonds is 5. The fourth-order valence-electron chi connectivity index (χ4n) is 3.24. The summed E-state index contributed by atoms with van der Waals surface area (Å²) in [6.07, 6.45) is -3.87. The van der Waals surface area contributed by atoms with Crippen molar-refractivity contribution in [1.29, 1.82) is 0 Å². The van der Waals surface area contributed by atoms with Gasteiger partial charge in [0.25, 0.3) is 6.43 Å². The van der Waals surface area contributed by atoms with Gasteiger partial charge in [0.15, 0.2) is 0 Å². The van der Waals surface area contributed by atoms with Gasteiger partial charge in [-0.25, -0.2) is 13.8 Å². The van der Waals surface area contributed by atoms with Gasteiger partial charge in [0.05, 0.1) is 11.6 Å². The van der Waals surface area contributed by atoms with Crippen LogP contribution in [-0.2, 0) is 11.0 Å². The molecule has 3 rings (SSSR count). The predicted octanol–water partition coefficient (Wildman–Crippen LogP) is 3.48. The second kappa shape index (κ2) is 7.36. The van der Waals surface area contributed by atoms with Crippen molar-refractivity contribution in [2.75, 3.05) is 18.0 Å². The minimum atomic E-state index is -4.43. The summed E-state index contributed by atoms with van der Waals surface area (Å²) in [6, 6.07) is 1.21. The van der Waals surface area contributed by atoms with E-state index in [-0.39, 0.29) is 17.7 Å². The number of hydrogen-bond donors (Lipinski definition) is 1. The van der Waals surface area contributed by atoms with E-state index in [0.717, 1.165) is 12.3 Å². The highest BCUT2D eigenvalue weighted by Crippen LogP contribution is 2.35. The molecule has 0 bridgehead atoms. The first-order valence-corrected chi connectivity index (χ1v) is 8.62. The maximum atomic E-state index is 13.0. The molecule has 0 spiro atoms. The highest BCUT2D eigenvalue weighted by Gasteiger charge is 2.39. The van der Waals surface area contributed by atoms with Crippen LogP contribution in [0.3, 0.4) is 0 Å². The first-order chi connectivity index (χ1) is 12.3. The lowest BCUT2D eigenvalue weighted by Gasteiger charge is -2.33. The molecule has 1 aromatic rings. The minimum Gasteiger partial charge on any atom is -0.357 e. The lowest BCUT2D eigenvalue weighted by molar-refractivity contribution is -0.137. The first kappa shape index (κ1) is 18.8. The molecule has 1 saturated carbocycles. The fourth-order valence-corrected chi connectivity index (χ4v) is 3.24. The molecule has 1 unspecified atom stereocenters. The van der Waals surface area contributed by atoms with E-state index in [0.29, 0.717) is 44.6 Å². The molecule has 0 aromatic carbocycles. The standard InChI is InChI=1S/C17H20F5N3O/c18-15(19)14(10-1-2-10)24-16(26)11-5-7-25(8-6-11)13-4-3-12(9-23-13)17(20,21)22/h3-4,9-11,14-15H,1-2,5-8H2,(H,24,26). The van der Waals surface area contributed by atoms with E-state index in [1.165, 1.54) is 6.07 Å². The Labute approximate surface area is 147 Å². The highest BCUT2D eigenvalue weighted by atomic mass is 19.4. The van der Waals surface area contributed by atoms with Gasteiger partial charge >= 0.3 is 6.18 Å². The average Bonchev–Trinajstić information content (AvgIpc) is 3.43. The van der Waals surface area contributed by atoms with Gasteiger partial charge in [0.1, 0.15) is 5.82 Å². The molecule has 2 aliphatic rings. The van der Waals surface area contributed by atoms with Crippen LogP contribution in [0.2, 0.25) is 0 Å². The van der Waals surface area contributed by atoms with Crippen molar-refractivity contribution in [3.8, 4) is 0 Å². The van der Waals surface area contributed by atoms with Crippen LogP contribution in [0.15, 0.2) is 18.3 Å². The molecule has 1 amide bonds. The number of carbonyl (C=O) groups is 1. The molecule has 1 saturated heterocycles. The van der Waals surface area contributed by atoms with Crippen LogP contribution in [0.1, 0.15) is 31.2 Å². The normalized spacial score (nSPS) is 20.3. The summed E-state index contributed by atoms with van der Waals surface area (Å²) in [5.41, 5.74) is -0.811. The van der Waals surface area contributed by atoms with Gasteiger partial charge in [-0.1, -0.05) is 0 Å². The molecule has 2 fully saturated rings. The number of pyridine rings is 1. The van der Waals surface area contributed by atoms with Gasteiger partial charge in [0.2, 0.25) is 5.91 Å². The summed E-state index contributed by atoms with van der Waals surface area (Å²) in [5.74, 6) is -0.432. The average molecular weight is 377 g/mol. The summed E-state index contributed by atoms with van der Waals surface area (Å²) in [5, 5.41) is 2.48. The summed E-state index contributed by atoms with van der Waals surface area (Å²) < 4.78 is 63.7. The van der Waals surface area contributed by atoms with Crippen LogP contribution < -0.4 is 10.2 Å². The number of carbonyl (C=O) groups excluding carboxylic acids is 1. The third-order valence-electron chi connectivity index (χ3n) is 4.98. The van der Waals surface area contributed by atoms with Gasteiger partial charge in [0, 0.05) is 25.2 Å². The third-order valence-corrected chi connectivity index (χ3v) is 4.98. The molecule has 144 valence electrons. The molecule has 1 N–H and O–H groups in total. The number of amides is 1. The van der Waals surface area contributed by atoms with Gasteiger partial charge in [-0.05, 0) is 43.7 Å². The zero-order valence-corrected chi connectivity index (χ0v) is 14.0. The Balaban J connectivity index is 1.53. The molecule has 9 heteroatoms. The zero-order chi connectivity index (χ0) is 18.9. The smallest absolute Gasteiger partial charge is 0.357 e. The minimum absolute atomic E-state index is 0.129. The van der Waals surface area contributed by atoms with Gasteiger partial charge in [-0.2, -0.15) is 13.2 Å². The van der Waals surface area contributed by atoms with E-state index in [1.54, 1.807) is 4.90 Å². The molecule has 1 aromatic heterocycles. The monoisotopic (exact) mass is 377 g/mol. The van der Waals surface area contributed by atoms with E-state index < -0.39 is 24.2 Å². The van der Waals surface area contributed by atoms with Crippen molar-refractivity contribution in [3.63, 3.8) is 0 Å². The Morgan fingerprint density at radius 3 is 2.27 bits per heavy atom. The molecule has 2 heterocycles. The topological polar surface area (TPSA) is 45.2 Å². The number of aromatic nitrogens is 1. The van der Waals surface area contributed by atoms with Gasteiger partial charge in [-0.15, -0.1) is 0 Å². The fraction of sp³-hybridized carbons (Fsp3) is 0.647. The number of anilines is 1. The molecule has 1 atom stereocenters. The predicted molar refractivity (Wildman–Crippen MR) is 84.8 cm³/mol. The number of nitrogens with zero attached hydrogens (tertiary/aromatic N) is 2. The largest absolute Gasteiger partial charge is 0.417 e. The van der Waals surface area contributed by atoms with E-state index >= 15 is 0 Å². The van der Waals surface area contributed by atoms with E-state index in [2.05, 4.69) is 10.3 Å². The Hall–Kier alpha value is -1.93. The van der Waals surface area contributed by atoms with Crippen molar-refractivity contribution in [1.82, 2.24) is 10.3 Å². The maximum absolute atomic E-state index is 13.0. The van der Waals surface area contributed by atoms with E-state index in [4.69, 9.17) is 0 Å². The number of halogens is 5.